The lowest BCUT2D eigenvalue weighted by Gasteiger charge is -2.47. The van der Waals surface area contributed by atoms with Gasteiger partial charge in [-0.15, -0.1) is 0 Å². The lowest BCUT2D eigenvalue weighted by molar-refractivity contribution is -0.0151. The first-order valence-corrected chi connectivity index (χ1v) is 9.45. The maximum atomic E-state index is 13.1. The summed E-state index contributed by atoms with van der Waals surface area (Å²) in [6, 6.07) is 10.8. The number of carbonyl (C=O) groups excluding carboxylic acids is 1. The van der Waals surface area contributed by atoms with E-state index in [9.17, 15) is 14.7 Å². The Balaban J connectivity index is 1.60. The number of nitrogens with zero attached hydrogens (tertiary/aromatic N) is 1. The van der Waals surface area contributed by atoms with E-state index >= 15 is 0 Å². The van der Waals surface area contributed by atoms with Crippen molar-refractivity contribution in [3.8, 4) is 17.0 Å². The Labute approximate surface area is 157 Å². The fourth-order valence-corrected chi connectivity index (χ4v) is 4.40. The van der Waals surface area contributed by atoms with Crippen LogP contribution in [0.2, 0.25) is 0 Å². The summed E-state index contributed by atoms with van der Waals surface area (Å²) < 4.78 is 5.15. The van der Waals surface area contributed by atoms with Gasteiger partial charge in [0, 0.05) is 17.8 Å². The highest BCUT2D eigenvalue weighted by molar-refractivity contribution is 5.94. The molecule has 3 atom stereocenters. The first-order valence-electron chi connectivity index (χ1n) is 9.45. The van der Waals surface area contributed by atoms with Crippen LogP contribution in [0, 0.1) is 0 Å². The van der Waals surface area contributed by atoms with Crippen molar-refractivity contribution in [2.45, 2.75) is 50.3 Å². The number of aliphatic hydroxyl groups excluding tert-OH is 1. The van der Waals surface area contributed by atoms with Gasteiger partial charge >= 0.3 is 0 Å². The van der Waals surface area contributed by atoms with Crippen molar-refractivity contribution in [2.24, 2.45) is 0 Å². The lowest BCUT2D eigenvalue weighted by atomic mass is 9.82. The standard InChI is InChI=1S/C21H24N2O4/c1-27-17-7-5-13(6-8-17)19-10-9-18(20(25)22-19)21(26)23-14-3-2-4-15(23)12-16(24)11-14/h5-10,14-16,24H,2-4,11-12H2,1H3,(H,22,25)/t14-,15+,16?. The van der Waals surface area contributed by atoms with E-state index in [1.807, 2.05) is 29.2 Å². The number of benzene rings is 1. The largest absolute Gasteiger partial charge is 0.497 e. The molecule has 2 aliphatic rings. The van der Waals surface area contributed by atoms with E-state index in [0.29, 0.717) is 18.5 Å². The van der Waals surface area contributed by atoms with Crippen LogP contribution in [0.3, 0.4) is 0 Å². The van der Waals surface area contributed by atoms with Gasteiger partial charge in [0.05, 0.1) is 13.2 Å². The number of hydrogen-bond donors (Lipinski definition) is 2. The third-order valence-corrected chi connectivity index (χ3v) is 5.73. The van der Waals surface area contributed by atoms with Gasteiger partial charge in [-0.2, -0.15) is 0 Å². The SMILES string of the molecule is COc1ccc(-c2ccc(C(=O)N3[C@@H]4CCC[C@H]3CC(O)C4)c(=O)[nH]2)cc1. The number of ether oxygens (including phenoxy) is 1. The van der Waals surface area contributed by atoms with Crippen LogP contribution in [0.15, 0.2) is 41.2 Å². The third kappa shape index (κ3) is 3.37. The summed E-state index contributed by atoms with van der Waals surface area (Å²) in [4.78, 5) is 30.4. The molecule has 6 nitrogen and oxygen atoms in total. The Bertz CT molecular complexity index is 876. The van der Waals surface area contributed by atoms with Gasteiger partial charge in [0.25, 0.3) is 11.5 Å². The molecule has 0 radical (unpaired) electrons. The fourth-order valence-electron chi connectivity index (χ4n) is 4.40. The predicted octanol–water partition coefficient (Wildman–Crippen LogP) is 2.57. The van der Waals surface area contributed by atoms with E-state index in [2.05, 4.69) is 4.98 Å². The quantitative estimate of drug-likeness (QED) is 0.872. The van der Waals surface area contributed by atoms with Crippen molar-refractivity contribution in [3.63, 3.8) is 0 Å². The predicted molar refractivity (Wildman–Crippen MR) is 102 cm³/mol. The van der Waals surface area contributed by atoms with Crippen LogP contribution in [0.25, 0.3) is 11.3 Å². The zero-order valence-corrected chi connectivity index (χ0v) is 15.4. The molecule has 142 valence electrons. The molecule has 2 bridgehead atoms. The van der Waals surface area contributed by atoms with Gasteiger partial charge < -0.3 is 19.7 Å². The normalized spacial score (nSPS) is 24.5. The van der Waals surface area contributed by atoms with Crippen LogP contribution in [-0.4, -0.2) is 46.2 Å². The van der Waals surface area contributed by atoms with Crippen molar-refractivity contribution < 1.29 is 14.6 Å². The van der Waals surface area contributed by atoms with E-state index in [1.54, 1.807) is 19.2 Å². The second-order valence-electron chi connectivity index (χ2n) is 7.42. The van der Waals surface area contributed by atoms with Crippen molar-refractivity contribution >= 4 is 5.91 Å². The minimum Gasteiger partial charge on any atom is -0.497 e. The van der Waals surface area contributed by atoms with Gasteiger partial charge in [0.15, 0.2) is 0 Å². The Kier molecular flexibility index (Phi) is 4.74. The molecule has 2 aromatic rings. The number of piperidine rings is 2. The van der Waals surface area contributed by atoms with Crippen LogP contribution in [0.5, 0.6) is 5.75 Å². The number of nitrogens with one attached hydrogen (secondary N) is 1. The van der Waals surface area contributed by atoms with E-state index < -0.39 is 0 Å². The summed E-state index contributed by atoms with van der Waals surface area (Å²) in [5.41, 5.74) is 1.30. The number of amides is 1. The van der Waals surface area contributed by atoms with Gasteiger partial charge in [-0.3, -0.25) is 9.59 Å². The van der Waals surface area contributed by atoms with Gasteiger partial charge in [-0.05, 0) is 74.1 Å². The summed E-state index contributed by atoms with van der Waals surface area (Å²) in [6.07, 6.45) is 3.70. The highest BCUT2D eigenvalue weighted by Crippen LogP contribution is 2.35. The Morgan fingerprint density at radius 1 is 1.11 bits per heavy atom. The molecular weight excluding hydrogens is 344 g/mol. The molecule has 0 spiro atoms. The second kappa shape index (κ2) is 7.19. The minimum atomic E-state index is -0.377. The van der Waals surface area contributed by atoms with Crippen molar-refractivity contribution in [1.29, 1.82) is 0 Å². The summed E-state index contributed by atoms with van der Waals surface area (Å²) in [5, 5.41) is 10.0. The van der Waals surface area contributed by atoms with Gasteiger partial charge in [-0.25, -0.2) is 0 Å². The zero-order chi connectivity index (χ0) is 19.0. The summed E-state index contributed by atoms with van der Waals surface area (Å²) in [7, 11) is 1.60. The number of aliphatic hydroxyl groups is 1. The highest BCUT2D eigenvalue weighted by atomic mass is 16.5. The molecule has 2 fully saturated rings. The molecule has 2 N–H and O–H groups in total. The number of fused-ring (bicyclic) bond motifs is 2. The Hall–Kier alpha value is -2.60. The first kappa shape index (κ1) is 17.8. The zero-order valence-electron chi connectivity index (χ0n) is 15.4. The number of aromatic amines is 1. The molecule has 4 rings (SSSR count). The molecule has 1 unspecified atom stereocenters. The summed E-state index contributed by atoms with van der Waals surface area (Å²) >= 11 is 0. The van der Waals surface area contributed by atoms with Crippen LogP contribution in [0.1, 0.15) is 42.5 Å². The van der Waals surface area contributed by atoms with E-state index in [4.69, 9.17) is 4.74 Å². The molecule has 3 heterocycles. The Morgan fingerprint density at radius 3 is 2.37 bits per heavy atom. The van der Waals surface area contributed by atoms with Crippen LogP contribution < -0.4 is 10.3 Å². The topological polar surface area (TPSA) is 82.6 Å². The molecule has 27 heavy (non-hydrogen) atoms. The van der Waals surface area contributed by atoms with E-state index in [-0.39, 0.29) is 35.2 Å². The van der Waals surface area contributed by atoms with Gasteiger partial charge in [-0.1, -0.05) is 0 Å². The third-order valence-electron chi connectivity index (χ3n) is 5.73. The first-order chi connectivity index (χ1) is 13.1. The monoisotopic (exact) mass is 368 g/mol. The van der Waals surface area contributed by atoms with Crippen molar-refractivity contribution in [3.05, 3.63) is 52.3 Å². The number of methoxy groups -OCH3 is 1. The molecule has 1 aromatic heterocycles. The maximum Gasteiger partial charge on any atom is 0.261 e. The van der Waals surface area contributed by atoms with Gasteiger partial charge in [0.1, 0.15) is 11.3 Å². The molecule has 6 heteroatoms. The average Bonchev–Trinajstić information content (AvgIpc) is 2.67. The number of hydrogen-bond acceptors (Lipinski definition) is 4. The molecule has 2 saturated heterocycles. The van der Waals surface area contributed by atoms with E-state index in [0.717, 1.165) is 30.6 Å². The molecular formula is C21H24N2O4. The number of carbonyl (C=O) groups is 1. The van der Waals surface area contributed by atoms with Gasteiger partial charge in [0.2, 0.25) is 0 Å². The molecule has 1 aromatic carbocycles. The number of pyridine rings is 1. The molecule has 0 aliphatic carbocycles. The van der Waals surface area contributed by atoms with E-state index in [1.165, 1.54) is 0 Å². The summed E-state index contributed by atoms with van der Waals surface area (Å²) in [6.45, 7) is 0. The number of aromatic nitrogens is 1. The lowest BCUT2D eigenvalue weighted by Crippen LogP contribution is -2.56. The van der Waals surface area contributed by atoms with Crippen LogP contribution >= 0.6 is 0 Å². The maximum absolute atomic E-state index is 13.1. The average molecular weight is 368 g/mol. The smallest absolute Gasteiger partial charge is 0.261 e. The van der Waals surface area contributed by atoms with Crippen molar-refractivity contribution in [1.82, 2.24) is 9.88 Å². The number of rotatable bonds is 3. The highest BCUT2D eigenvalue weighted by Gasteiger charge is 2.41. The number of H-pyrrole nitrogens is 1. The minimum absolute atomic E-state index is 0.0284. The molecule has 2 aliphatic heterocycles. The molecule has 0 saturated carbocycles. The van der Waals surface area contributed by atoms with Crippen LogP contribution in [0.4, 0.5) is 0 Å². The second-order valence-corrected chi connectivity index (χ2v) is 7.42. The van der Waals surface area contributed by atoms with Crippen LogP contribution in [-0.2, 0) is 0 Å². The van der Waals surface area contributed by atoms with Crippen molar-refractivity contribution in [2.75, 3.05) is 7.11 Å². The summed E-state index contributed by atoms with van der Waals surface area (Å²) in [5.74, 6) is 0.519. The fraction of sp³-hybridized carbons (Fsp3) is 0.429. The Morgan fingerprint density at radius 2 is 1.78 bits per heavy atom. The molecule has 1 amide bonds.